The van der Waals surface area contributed by atoms with E-state index in [1.165, 1.54) is 31.4 Å². The van der Waals surface area contributed by atoms with Crippen molar-refractivity contribution < 1.29 is 28.2 Å². The van der Waals surface area contributed by atoms with Crippen LogP contribution in [0, 0.1) is 5.82 Å². The molecule has 11 heteroatoms. The number of methoxy groups -OCH3 is 1. The van der Waals surface area contributed by atoms with Crippen LogP contribution in [0.2, 0.25) is 0 Å². The summed E-state index contributed by atoms with van der Waals surface area (Å²) in [6.45, 7) is 2.28. The summed E-state index contributed by atoms with van der Waals surface area (Å²) >= 11 is 1.09. The van der Waals surface area contributed by atoms with E-state index in [4.69, 9.17) is 9.47 Å². The lowest BCUT2D eigenvalue weighted by Crippen LogP contribution is -2.42. The molecule has 3 amide bonds. The number of halogens is 1. The third-order valence-corrected chi connectivity index (χ3v) is 5.08. The number of carbonyl (C=O) groups is 3. The molecule has 0 aliphatic carbocycles. The summed E-state index contributed by atoms with van der Waals surface area (Å²) in [6.07, 6.45) is -0.140. The van der Waals surface area contributed by atoms with Crippen molar-refractivity contribution in [2.75, 3.05) is 19.0 Å². The summed E-state index contributed by atoms with van der Waals surface area (Å²) in [4.78, 5) is 40.8. The molecule has 0 bridgehead atoms. The molecule has 0 fully saturated rings. The summed E-state index contributed by atoms with van der Waals surface area (Å²) in [6, 6.07) is 10.2. The second-order valence-electron chi connectivity index (χ2n) is 6.56. The molecular formula is C22H21FN4O5S. The predicted octanol–water partition coefficient (Wildman–Crippen LogP) is 2.95. The van der Waals surface area contributed by atoms with Gasteiger partial charge in [0.15, 0.2) is 16.6 Å². The van der Waals surface area contributed by atoms with Crippen LogP contribution in [0.15, 0.2) is 47.8 Å². The summed E-state index contributed by atoms with van der Waals surface area (Å²) in [5.74, 6) is -1.45. The number of thiazole rings is 1. The average molecular weight is 472 g/mol. The predicted molar refractivity (Wildman–Crippen MR) is 120 cm³/mol. The van der Waals surface area contributed by atoms with Crippen LogP contribution in [-0.2, 0) is 11.2 Å². The van der Waals surface area contributed by atoms with Crippen molar-refractivity contribution in [2.45, 2.75) is 13.3 Å². The molecule has 3 aromatic rings. The molecular weight excluding hydrogens is 451 g/mol. The van der Waals surface area contributed by atoms with E-state index < -0.39 is 23.5 Å². The lowest BCUT2D eigenvalue weighted by Gasteiger charge is -2.11. The zero-order valence-electron chi connectivity index (χ0n) is 17.8. The van der Waals surface area contributed by atoms with Gasteiger partial charge in [-0.2, -0.15) is 0 Å². The molecule has 0 aliphatic heterocycles. The maximum Gasteiger partial charge on any atom is 0.269 e. The number of hydrogen-bond donors (Lipinski definition) is 3. The number of nitrogens with one attached hydrogen (secondary N) is 3. The van der Waals surface area contributed by atoms with E-state index in [9.17, 15) is 18.8 Å². The van der Waals surface area contributed by atoms with E-state index in [1.54, 1.807) is 23.6 Å². The number of anilines is 1. The van der Waals surface area contributed by atoms with Gasteiger partial charge in [0, 0.05) is 10.9 Å². The molecule has 33 heavy (non-hydrogen) atoms. The van der Waals surface area contributed by atoms with Gasteiger partial charge in [0.1, 0.15) is 5.82 Å². The van der Waals surface area contributed by atoms with Crippen LogP contribution < -0.4 is 25.6 Å². The van der Waals surface area contributed by atoms with E-state index >= 15 is 0 Å². The number of carbonyl (C=O) groups excluding carboxylic acids is 3. The number of hydrogen-bond acceptors (Lipinski definition) is 7. The normalized spacial score (nSPS) is 10.3. The summed E-state index contributed by atoms with van der Waals surface area (Å²) in [5.41, 5.74) is 5.15. The number of amides is 3. The molecule has 0 spiro atoms. The number of nitrogens with zero attached hydrogens (tertiary/aromatic N) is 1. The van der Waals surface area contributed by atoms with E-state index in [2.05, 4.69) is 21.2 Å². The molecule has 9 nitrogen and oxygen atoms in total. The highest BCUT2D eigenvalue weighted by Gasteiger charge is 2.15. The number of benzene rings is 2. The van der Waals surface area contributed by atoms with Gasteiger partial charge in [0.2, 0.25) is 5.91 Å². The van der Waals surface area contributed by atoms with Gasteiger partial charge in [-0.05, 0) is 37.3 Å². The third kappa shape index (κ3) is 6.26. The average Bonchev–Trinajstić information content (AvgIpc) is 3.24. The van der Waals surface area contributed by atoms with Crippen LogP contribution >= 0.6 is 11.3 Å². The number of ether oxygens (including phenoxy) is 2. The highest BCUT2D eigenvalue weighted by Crippen LogP contribution is 2.28. The van der Waals surface area contributed by atoms with Gasteiger partial charge in [-0.15, -0.1) is 11.3 Å². The van der Waals surface area contributed by atoms with E-state index in [-0.39, 0.29) is 22.7 Å². The Morgan fingerprint density at radius 3 is 2.58 bits per heavy atom. The Labute approximate surface area is 192 Å². The van der Waals surface area contributed by atoms with Crippen LogP contribution in [0.3, 0.4) is 0 Å². The molecule has 1 heterocycles. The second kappa shape index (κ2) is 11.0. The monoisotopic (exact) mass is 472 g/mol. The molecule has 2 aromatic carbocycles. The Balaban J connectivity index is 1.52. The molecule has 3 N–H and O–H groups in total. The van der Waals surface area contributed by atoms with E-state index in [0.717, 1.165) is 11.3 Å². The fraction of sp³-hybridized carbons (Fsp3) is 0.182. The summed E-state index contributed by atoms with van der Waals surface area (Å²) in [5, 5.41) is 4.29. The van der Waals surface area contributed by atoms with Gasteiger partial charge in [0.25, 0.3) is 11.8 Å². The molecule has 172 valence electrons. The van der Waals surface area contributed by atoms with Crippen LogP contribution in [0.25, 0.3) is 0 Å². The van der Waals surface area contributed by atoms with Crippen molar-refractivity contribution in [3.8, 4) is 11.5 Å². The fourth-order valence-electron chi connectivity index (χ4n) is 2.75. The lowest BCUT2D eigenvalue weighted by molar-refractivity contribution is -0.121. The first-order chi connectivity index (χ1) is 15.9. The van der Waals surface area contributed by atoms with Crippen molar-refractivity contribution in [1.29, 1.82) is 0 Å². The van der Waals surface area contributed by atoms with Gasteiger partial charge < -0.3 is 9.47 Å². The zero-order chi connectivity index (χ0) is 23.8. The van der Waals surface area contributed by atoms with Gasteiger partial charge in [-0.25, -0.2) is 9.37 Å². The van der Waals surface area contributed by atoms with E-state index in [0.29, 0.717) is 23.8 Å². The number of hydrazine groups is 1. The van der Waals surface area contributed by atoms with Crippen LogP contribution in [0.4, 0.5) is 9.52 Å². The Hall–Kier alpha value is -3.99. The maximum absolute atomic E-state index is 13.7. The molecule has 0 atom stereocenters. The first-order valence-electron chi connectivity index (χ1n) is 9.81. The topological polar surface area (TPSA) is 119 Å². The molecule has 1 aromatic heterocycles. The number of aromatic nitrogens is 1. The highest BCUT2D eigenvalue weighted by atomic mass is 32.1. The minimum absolute atomic E-state index is 0.111. The van der Waals surface area contributed by atoms with Crippen molar-refractivity contribution in [3.63, 3.8) is 0 Å². The standard InChI is InChI=1S/C22H21FN4O5S/c1-3-32-17-9-8-13(10-18(17)31-2)20(29)27-26-19(28)11-14-12-33-22(24-14)25-21(30)15-6-4-5-7-16(15)23/h4-10,12H,3,11H2,1-2H3,(H,26,28)(H,27,29)(H,24,25,30). The van der Waals surface area contributed by atoms with Crippen molar-refractivity contribution >= 4 is 34.2 Å². The smallest absolute Gasteiger partial charge is 0.269 e. The molecule has 0 aliphatic rings. The Bertz CT molecular complexity index is 1170. The van der Waals surface area contributed by atoms with Crippen LogP contribution in [-0.4, -0.2) is 36.4 Å². The first-order valence-corrected chi connectivity index (χ1v) is 10.7. The Morgan fingerprint density at radius 1 is 1.06 bits per heavy atom. The van der Waals surface area contributed by atoms with Crippen molar-refractivity contribution in [3.05, 3.63) is 70.5 Å². The van der Waals surface area contributed by atoms with Gasteiger partial charge in [-0.1, -0.05) is 12.1 Å². The molecule has 0 radical (unpaired) electrons. The van der Waals surface area contributed by atoms with Gasteiger partial charge in [-0.3, -0.25) is 30.6 Å². The highest BCUT2D eigenvalue weighted by molar-refractivity contribution is 7.14. The summed E-state index contributed by atoms with van der Waals surface area (Å²) < 4.78 is 24.3. The SMILES string of the molecule is CCOc1ccc(C(=O)NNC(=O)Cc2csc(NC(=O)c3ccccc3F)n2)cc1OC. The van der Waals surface area contributed by atoms with Crippen LogP contribution in [0.1, 0.15) is 33.3 Å². The lowest BCUT2D eigenvalue weighted by atomic mass is 10.2. The van der Waals surface area contributed by atoms with E-state index in [1.807, 2.05) is 6.92 Å². The summed E-state index contributed by atoms with van der Waals surface area (Å²) in [7, 11) is 1.46. The quantitative estimate of drug-likeness (QED) is 0.434. The van der Waals surface area contributed by atoms with Crippen molar-refractivity contribution in [1.82, 2.24) is 15.8 Å². The largest absolute Gasteiger partial charge is 0.493 e. The maximum atomic E-state index is 13.7. The molecule has 0 saturated carbocycles. The minimum Gasteiger partial charge on any atom is -0.493 e. The molecule has 0 saturated heterocycles. The second-order valence-corrected chi connectivity index (χ2v) is 7.41. The van der Waals surface area contributed by atoms with Crippen molar-refractivity contribution in [2.24, 2.45) is 0 Å². The molecule has 3 rings (SSSR count). The minimum atomic E-state index is -0.646. The Morgan fingerprint density at radius 2 is 1.85 bits per heavy atom. The van der Waals surface area contributed by atoms with Gasteiger partial charge >= 0.3 is 0 Å². The zero-order valence-corrected chi connectivity index (χ0v) is 18.6. The fourth-order valence-corrected chi connectivity index (χ4v) is 3.45. The first kappa shape index (κ1) is 23.7. The number of rotatable bonds is 8. The van der Waals surface area contributed by atoms with Gasteiger partial charge in [0.05, 0.1) is 31.4 Å². The van der Waals surface area contributed by atoms with Crippen LogP contribution in [0.5, 0.6) is 11.5 Å². The molecule has 0 unspecified atom stereocenters. The Kier molecular flexibility index (Phi) is 7.92. The third-order valence-electron chi connectivity index (χ3n) is 4.27.